The maximum Gasteiger partial charge on any atom is 0.241 e. The molecule has 0 spiro atoms. The third kappa shape index (κ3) is 3.74. The molecular formula is C14H21N3O3S. The van der Waals surface area contributed by atoms with Gasteiger partial charge in [0.05, 0.1) is 4.90 Å². The fourth-order valence-electron chi connectivity index (χ4n) is 2.68. The number of benzene rings is 1. The molecule has 1 aliphatic carbocycles. The Morgan fingerprint density at radius 1 is 1.24 bits per heavy atom. The molecule has 1 aliphatic rings. The molecule has 7 heteroatoms. The lowest BCUT2D eigenvalue weighted by Crippen LogP contribution is -2.39. The Bertz CT molecular complexity index is 635. The highest BCUT2D eigenvalue weighted by molar-refractivity contribution is 7.89. The maximum absolute atomic E-state index is 12.4. The smallest absolute Gasteiger partial charge is 0.241 e. The summed E-state index contributed by atoms with van der Waals surface area (Å²) < 4.78 is 27.6. The quantitative estimate of drug-likeness (QED) is 0.716. The van der Waals surface area contributed by atoms with Crippen molar-refractivity contribution in [3.8, 4) is 0 Å². The molecule has 0 aromatic heterocycles. The average molecular weight is 311 g/mol. The Hall–Kier alpha value is -1.60. The van der Waals surface area contributed by atoms with Crippen LogP contribution in [0.1, 0.15) is 31.2 Å². The largest absolute Gasteiger partial charge is 0.399 e. The van der Waals surface area contributed by atoms with Crippen LogP contribution in [0.25, 0.3) is 0 Å². The number of anilines is 1. The van der Waals surface area contributed by atoms with Crippen LogP contribution in [0.3, 0.4) is 0 Å². The lowest BCUT2D eigenvalue weighted by molar-refractivity contribution is -0.122. The zero-order chi connectivity index (χ0) is 15.6. The zero-order valence-corrected chi connectivity index (χ0v) is 12.8. The van der Waals surface area contributed by atoms with E-state index in [-0.39, 0.29) is 22.8 Å². The van der Waals surface area contributed by atoms with Crippen molar-refractivity contribution in [1.82, 2.24) is 4.72 Å². The van der Waals surface area contributed by atoms with E-state index in [1.807, 2.05) is 0 Å². The first kappa shape index (κ1) is 15.8. The van der Waals surface area contributed by atoms with Crippen LogP contribution >= 0.6 is 0 Å². The third-order valence-corrected chi connectivity index (χ3v) is 5.62. The molecule has 5 N–H and O–H groups in total. The first-order chi connectivity index (χ1) is 9.79. The molecule has 21 heavy (non-hydrogen) atoms. The summed E-state index contributed by atoms with van der Waals surface area (Å²) in [6.45, 7) is 1.73. The first-order valence-corrected chi connectivity index (χ1v) is 8.45. The number of nitrogens with two attached hydrogens (primary N) is 2. The highest BCUT2D eigenvalue weighted by atomic mass is 32.2. The zero-order valence-electron chi connectivity index (χ0n) is 12.0. The summed E-state index contributed by atoms with van der Waals surface area (Å²) in [5, 5.41) is 0. The van der Waals surface area contributed by atoms with Crippen LogP contribution in [0.5, 0.6) is 0 Å². The van der Waals surface area contributed by atoms with E-state index in [4.69, 9.17) is 11.5 Å². The minimum Gasteiger partial charge on any atom is -0.399 e. The molecular weight excluding hydrogens is 290 g/mol. The minimum absolute atomic E-state index is 0.139. The summed E-state index contributed by atoms with van der Waals surface area (Å²) in [5.41, 5.74) is 12.0. The molecule has 0 atom stereocenters. The van der Waals surface area contributed by atoms with E-state index in [2.05, 4.69) is 4.72 Å². The first-order valence-electron chi connectivity index (χ1n) is 6.97. The highest BCUT2D eigenvalue weighted by Gasteiger charge is 2.28. The van der Waals surface area contributed by atoms with Crippen molar-refractivity contribution in [3.63, 3.8) is 0 Å². The Kier molecular flexibility index (Phi) is 4.53. The van der Waals surface area contributed by atoms with Gasteiger partial charge < -0.3 is 11.5 Å². The van der Waals surface area contributed by atoms with E-state index in [0.29, 0.717) is 36.9 Å². The van der Waals surface area contributed by atoms with Crippen LogP contribution in [0.15, 0.2) is 23.1 Å². The molecule has 1 aromatic carbocycles. The van der Waals surface area contributed by atoms with Gasteiger partial charge in [-0.3, -0.25) is 4.79 Å². The van der Waals surface area contributed by atoms with E-state index in [0.717, 1.165) is 0 Å². The van der Waals surface area contributed by atoms with Gasteiger partial charge >= 0.3 is 0 Å². The summed E-state index contributed by atoms with van der Waals surface area (Å²) in [7, 11) is -3.60. The monoisotopic (exact) mass is 311 g/mol. The number of nitrogen functional groups attached to an aromatic ring is 1. The summed E-state index contributed by atoms with van der Waals surface area (Å²) in [6, 6.07) is 4.67. The molecule has 0 bridgehead atoms. The third-order valence-electron chi connectivity index (χ3n) is 3.95. The van der Waals surface area contributed by atoms with Crippen molar-refractivity contribution in [1.29, 1.82) is 0 Å². The Balaban J connectivity index is 2.09. The Morgan fingerprint density at radius 3 is 2.43 bits per heavy atom. The van der Waals surface area contributed by atoms with Crippen molar-refractivity contribution in [2.24, 2.45) is 11.7 Å². The van der Waals surface area contributed by atoms with Crippen LogP contribution in [0.2, 0.25) is 0 Å². The summed E-state index contributed by atoms with van der Waals surface area (Å²) in [5.74, 6) is -0.442. The second-order valence-corrected chi connectivity index (χ2v) is 7.28. The number of hydrogen-bond acceptors (Lipinski definition) is 4. The predicted octanol–water partition coefficient (Wildman–Crippen LogP) is 0.900. The molecule has 0 aliphatic heterocycles. The van der Waals surface area contributed by atoms with E-state index in [1.54, 1.807) is 19.1 Å². The number of amides is 1. The second kappa shape index (κ2) is 6.03. The number of aryl methyl sites for hydroxylation is 1. The molecule has 1 fully saturated rings. The molecule has 1 amide bonds. The molecule has 0 radical (unpaired) electrons. The van der Waals surface area contributed by atoms with Gasteiger partial charge in [0.15, 0.2) is 0 Å². The second-order valence-electron chi connectivity index (χ2n) is 5.60. The van der Waals surface area contributed by atoms with E-state index in [9.17, 15) is 13.2 Å². The highest BCUT2D eigenvalue weighted by Crippen LogP contribution is 2.26. The number of sulfonamides is 1. The van der Waals surface area contributed by atoms with Gasteiger partial charge in [-0.25, -0.2) is 13.1 Å². The number of primary amides is 1. The van der Waals surface area contributed by atoms with Gasteiger partial charge in [-0.2, -0.15) is 0 Å². The van der Waals surface area contributed by atoms with Crippen molar-refractivity contribution < 1.29 is 13.2 Å². The SMILES string of the molecule is Cc1ccc(N)cc1S(=O)(=O)NC1CCC(C(N)=O)CC1. The summed E-state index contributed by atoms with van der Waals surface area (Å²) in [4.78, 5) is 11.3. The van der Waals surface area contributed by atoms with Gasteiger partial charge in [0.25, 0.3) is 0 Å². The Morgan fingerprint density at radius 2 is 1.86 bits per heavy atom. The van der Waals surface area contributed by atoms with E-state index < -0.39 is 10.0 Å². The number of carbonyl (C=O) groups is 1. The molecule has 116 valence electrons. The van der Waals surface area contributed by atoms with Crippen LogP contribution < -0.4 is 16.2 Å². The van der Waals surface area contributed by atoms with Crippen molar-refractivity contribution in [2.45, 2.75) is 43.5 Å². The van der Waals surface area contributed by atoms with Crippen molar-refractivity contribution in [2.75, 3.05) is 5.73 Å². The lowest BCUT2D eigenvalue weighted by Gasteiger charge is -2.27. The molecule has 1 saturated carbocycles. The lowest BCUT2D eigenvalue weighted by atomic mass is 9.86. The molecule has 0 heterocycles. The normalized spacial score (nSPS) is 22.9. The average Bonchev–Trinajstić information content (AvgIpc) is 2.41. The van der Waals surface area contributed by atoms with Crippen LogP contribution in [0, 0.1) is 12.8 Å². The van der Waals surface area contributed by atoms with Gasteiger partial charge in [-0.05, 0) is 50.3 Å². The van der Waals surface area contributed by atoms with Gasteiger partial charge in [0.1, 0.15) is 0 Å². The molecule has 0 saturated heterocycles. The fourth-order valence-corrected chi connectivity index (χ4v) is 4.27. The topological polar surface area (TPSA) is 115 Å². The van der Waals surface area contributed by atoms with Crippen molar-refractivity contribution >= 4 is 21.6 Å². The van der Waals surface area contributed by atoms with Crippen LogP contribution in [-0.4, -0.2) is 20.4 Å². The van der Waals surface area contributed by atoms with Crippen molar-refractivity contribution in [3.05, 3.63) is 23.8 Å². The summed E-state index contributed by atoms with van der Waals surface area (Å²) >= 11 is 0. The molecule has 1 aromatic rings. The fraction of sp³-hybridized carbons (Fsp3) is 0.500. The summed E-state index contributed by atoms with van der Waals surface area (Å²) in [6.07, 6.45) is 2.49. The van der Waals surface area contributed by atoms with Gasteiger partial charge in [0.2, 0.25) is 15.9 Å². The minimum atomic E-state index is -3.60. The molecule has 0 unspecified atom stereocenters. The van der Waals surface area contributed by atoms with Crippen LogP contribution in [-0.2, 0) is 14.8 Å². The number of carbonyl (C=O) groups excluding carboxylic acids is 1. The number of rotatable bonds is 4. The number of hydrogen-bond donors (Lipinski definition) is 3. The molecule has 2 rings (SSSR count). The number of nitrogens with one attached hydrogen (secondary N) is 1. The van der Waals surface area contributed by atoms with Gasteiger partial charge in [-0.15, -0.1) is 0 Å². The standard InChI is InChI=1S/C14H21N3O3S/c1-9-2-5-11(15)8-13(9)21(19,20)17-12-6-3-10(4-7-12)14(16)18/h2,5,8,10,12,17H,3-4,6-7,15H2,1H3,(H2,16,18). The Labute approximate surface area is 124 Å². The maximum atomic E-state index is 12.4. The predicted molar refractivity (Wildman–Crippen MR) is 80.9 cm³/mol. The molecule has 6 nitrogen and oxygen atoms in total. The van der Waals surface area contributed by atoms with E-state index >= 15 is 0 Å². The van der Waals surface area contributed by atoms with Gasteiger partial charge in [0, 0.05) is 17.6 Å². The van der Waals surface area contributed by atoms with Gasteiger partial charge in [-0.1, -0.05) is 6.07 Å². The van der Waals surface area contributed by atoms with Crippen LogP contribution in [0.4, 0.5) is 5.69 Å². The van der Waals surface area contributed by atoms with E-state index in [1.165, 1.54) is 6.07 Å².